The van der Waals surface area contributed by atoms with E-state index in [1.54, 1.807) is 6.07 Å². The molecule has 0 saturated heterocycles. The standard InChI is InChI=1S/C15H10BrClN2/c16-12-8-9-13(11-5-2-1-4-10(11)12)18-15-7-3-6-14(17)19-15/h1-9H,(H,18,19). The second kappa shape index (κ2) is 5.19. The van der Waals surface area contributed by atoms with Crippen molar-refractivity contribution in [3.05, 3.63) is 64.2 Å². The maximum absolute atomic E-state index is 5.90. The smallest absolute Gasteiger partial charge is 0.132 e. The van der Waals surface area contributed by atoms with Gasteiger partial charge in [0.1, 0.15) is 11.0 Å². The monoisotopic (exact) mass is 332 g/mol. The molecule has 4 heteroatoms. The van der Waals surface area contributed by atoms with Crippen molar-refractivity contribution in [3.8, 4) is 0 Å². The van der Waals surface area contributed by atoms with Gasteiger partial charge in [-0.15, -0.1) is 0 Å². The molecule has 0 bridgehead atoms. The predicted molar refractivity (Wildman–Crippen MR) is 84.2 cm³/mol. The Kier molecular flexibility index (Phi) is 3.40. The number of fused-ring (bicyclic) bond motifs is 1. The fourth-order valence-corrected chi connectivity index (χ4v) is 2.63. The number of rotatable bonds is 2. The summed E-state index contributed by atoms with van der Waals surface area (Å²) >= 11 is 9.46. The maximum Gasteiger partial charge on any atom is 0.132 e. The van der Waals surface area contributed by atoms with Crippen LogP contribution in [0.1, 0.15) is 0 Å². The van der Waals surface area contributed by atoms with E-state index >= 15 is 0 Å². The lowest BCUT2D eigenvalue weighted by atomic mass is 10.1. The minimum Gasteiger partial charge on any atom is -0.340 e. The number of aromatic nitrogens is 1. The number of benzene rings is 2. The molecular formula is C15H10BrClN2. The molecule has 2 aromatic carbocycles. The van der Waals surface area contributed by atoms with Crippen molar-refractivity contribution >= 4 is 49.8 Å². The summed E-state index contributed by atoms with van der Waals surface area (Å²) in [7, 11) is 0. The van der Waals surface area contributed by atoms with Gasteiger partial charge in [-0.3, -0.25) is 0 Å². The summed E-state index contributed by atoms with van der Waals surface area (Å²) in [5.41, 5.74) is 1.01. The highest BCUT2D eigenvalue weighted by molar-refractivity contribution is 9.10. The molecule has 0 aliphatic heterocycles. The highest BCUT2D eigenvalue weighted by Crippen LogP contribution is 2.31. The molecule has 0 spiro atoms. The average Bonchev–Trinajstić information content (AvgIpc) is 2.42. The second-order valence-electron chi connectivity index (χ2n) is 4.11. The molecule has 0 aliphatic rings. The lowest BCUT2D eigenvalue weighted by molar-refractivity contribution is 1.31. The first kappa shape index (κ1) is 12.5. The van der Waals surface area contributed by atoms with Crippen LogP contribution >= 0.6 is 27.5 Å². The number of nitrogens with zero attached hydrogens (tertiary/aromatic N) is 1. The van der Waals surface area contributed by atoms with E-state index in [1.807, 2.05) is 36.4 Å². The lowest BCUT2D eigenvalue weighted by Crippen LogP contribution is -1.94. The Balaban J connectivity index is 2.09. The Morgan fingerprint density at radius 1 is 0.895 bits per heavy atom. The van der Waals surface area contributed by atoms with Crippen molar-refractivity contribution in [3.63, 3.8) is 0 Å². The first-order valence-corrected chi connectivity index (χ1v) is 6.98. The van der Waals surface area contributed by atoms with E-state index < -0.39 is 0 Å². The largest absolute Gasteiger partial charge is 0.340 e. The van der Waals surface area contributed by atoms with Gasteiger partial charge < -0.3 is 5.32 Å². The quantitative estimate of drug-likeness (QED) is 0.636. The Morgan fingerprint density at radius 3 is 2.47 bits per heavy atom. The van der Waals surface area contributed by atoms with Gasteiger partial charge in [0.05, 0.1) is 0 Å². The van der Waals surface area contributed by atoms with Gasteiger partial charge >= 0.3 is 0 Å². The second-order valence-corrected chi connectivity index (χ2v) is 5.35. The van der Waals surface area contributed by atoms with Crippen LogP contribution in [0.5, 0.6) is 0 Å². The fraction of sp³-hybridized carbons (Fsp3) is 0. The van der Waals surface area contributed by atoms with E-state index in [9.17, 15) is 0 Å². The van der Waals surface area contributed by atoms with Crippen molar-refractivity contribution in [1.82, 2.24) is 4.98 Å². The van der Waals surface area contributed by atoms with E-state index in [2.05, 4.69) is 38.4 Å². The van der Waals surface area contributed by atoms with Gasteiger partial charge in [0.2, 0.25) is 0 Å². The molecule has 0 amide bonds. The van der Waals surface area contributed by atoms with Gasteiger partial charge in [-0.2, -0.15) is 0 Å². The third-order valence-corrected chi connectivity index (χ3v) is 3.75. The van der Waals surface area contributed by atoms with Crippen molar-refractivity contribution in [1.29, 1.82) is 0 Å². The van der Waals surface area contributed by atoms with Gasteiger partial charge in [-0.25, -0.2) is 4.98 Å². The van der Waals surface area contributed by atoms with Gasteiger partial charge in [-0.05, 0) is 29.7 Å². The van der Waals surface area contributed by atoms with E-state index in [0.29, 0.717) is 5.15 Å². The van der Waals surface area contributed by atoms with E-state index in [4.69, 9.17) is 11.6 Å². The zero-order valence-corrected chi connectivity index (χ0v) is 12.2. The van der Waals surface area contributed by atoms with Crippen molar-refractivity contribution in [2.75, 3.05) is 5.32 Å². The van der Waals surface area contributed by atoms with Crippen LogP contribution in [0.3, 0.4) is 0 Å². The summed E-state index contributed by atoms with van der Waals surface area (Å²) in [6, 6.07) is 17.8. The van der Waals surface area contributed by atoms with Crippen LogP contribution in [-0.4, -0.2) is 4.98 Å². The molecular weight excluding hydrogens is 324 g/mol. The summed E-state index contributed by atoms with van der Waals surface area (Å²) in [5, 5.41) is 6.08. The van der Waals surface area contributed by atoms with Crippen LogP contribution in [0.4, 0.5) is 11.5 Å². The van der Waals surface area contributed by atoms with Crippen molar-refractivity contribution in [2.45, 2.75) is 0 Å². The number of hydrogen-bond acceptors (Lipinski definition) is 2. The van der Waals surface area contributed by atoms with E-state index in [1.165, 1.54) is 0 Å². The lowest BCUT2D eigenvalue weighted by Gasteiger charge is -2.10. The number of anilines is 2. The van der Waals surface area contributed by atoms with Crippen LogP contribution < -0.4 is 5.32 Å². The molecule has 1 heterocycles. The third kappa shape index (κ3) is 2.57. The molecule has 0 radical (unpaired) electrons. The third-order valence-electron chi connectivity index (χ3n) is 2.85. The highest BCUT2D eigenvalue weighted by atomic mass is 79.9. The number of hydrogen-bond donors (Lipinski definition) is 1. The fourth-order valence-electron chi connectivity index (χ4n) is 1.99. The van der Waals surface area contributed by atoms with Crippen LogP contribution in [0.2, 0.25) is 5.15 Å². The zero-order chi connectivity index (χ0) is 13.2. The summed E-state index contributed by atoms with van der Waals surface area (Å²) in [6.07, 6.45) is 0. The van der Waals surface area contributed by atoms with Crippen LogP contribution in [0, 0.1) is 0 Å². The predicted octanol–water partition coefficient (Wildman–Crippen LogP) is 5.39. The Morgan fingerprint density at radius 2 is 1.68 bits per heavy atom. The Hall–Kier alpha value is -1.58. The van der Waals surface area contributed by atoms with Gasteiger partial charge in [0.15, 0.2) is 0 Å². The number of pyridine rings is 1. The molecule has 3 rings (SSSR count). The molecule has 2 nitrogen and oxygen atoms in total. The molecule has 94 valence electrons. The average molecular weight is 334 g/mol. The van der Waals surface area contributed by atoms with Crippen LogP contribution in [0.15, 0.2) is 59.1 Å². The summed E-state index contributed by atoms with van der Waals surface area (Å²) < 4.78 is 1.08. The van der Waals surface area contributed by atoms with E-state index in [0.717, 1.165) is 26.8 Å². The minimum absolute atomic E-state index is 0.478. The van der Waals surface area contributed by atoms with Crippen molar-refractivity contribution < 1.29 is 0 Å². The molecule has 0 fully saturated rings. The maximum atomic E-state index is 5.90. The Bertz CT molecular complexity index is 743. The first-order valence-electron chi connectivity index (χ1n) is 5.81. The Labute approximate surface area is 124 Å². The molecule has 0 unspecified atom stereocenters. The zero-order valence-electron chi connectivity index (χ0n) is 9.90. The summed E-state index contributed by atoms with van der Waals surface area (Å²) in [5.74, 6) is 0.736. The normalized spacial score (nSPS) is 10.6. The molecule has 3 aromatic rings. The first-order chi connectivity index (χ1) is 9.24. The van der Waals surface area contributed by atoms with Crippen molar-refractivity contribution in [2.24, 2.45) is 0 Å². The minimum atomic E-state index is 0.478. The molecule has 1 N–H and O–H groups in total. The van der Waals surface area contributed by atoms with Gasteiger partial charge in [0.25, 0.3) is 0 Å². The number of halogens is 2. The molecule has 0 atom stereocenters. The summed E-state index contributed by atoms with van der Waals surface area (Å²) in [6.45, 7) is 0. The SMILES string of the molecule is Clc1cccc(Nc2ccc(Br)c3ccccc23)n1. The molecule has 1 aromatic heterocycles. The molecule has 0 saturated carbocycles. The number of nitrogens with one attached hydrogen (secondary N) is 1. The topological polar surface area (TPSA) is 24.9 Å². The highest BCUT2D eigenvalue weighted by Gasteiger charge is 2.04. The van der Waals surface area contributed by atoms with Crippen LogP contribution in [-0.2, 0) is 0 Å². The van der Waals surface area contributed by atoms with Crippen LogP contribution in [0.25, 0.3) is 10.8 Å². The van der Waals surface area contributed by atoms with E-state index in [-0.39, 0.29) is 0 Å². The summed E-state index contributed by atoms with van der Waals surface area (Å²) in [4.78, 5) is 4.24. The van der Waals surface area contributed by atoms with Gasteiger partial charge in [-0.1, -0.05) is 57.9 Å². The molecule has 0 aliphatic carbocycles. The molecule has 19 heavy (non-hydrogen) atoms. The van der Waals surface area contributed by atoms with Gasteiger partial charge in [0, 0.05) is 15.5 Å².